The Kier molecular flexibility index (Phi) is 19.5. The molecule has 0 saturated heterocycles. The molecule has 5 heteroatoms. The van der Waals surface area contributed by atoms with Crippen LogP contribution in [-0.2, 0) is 13.6 Å². The first kappa shape index (κ1) is 18.9. The molecular formula is C10H23NdO3P. The second-order valence-corrected chi connectivity index (χ2v) is 4.44. The Morgan fingerprint density at radius 2 is 1.27 bits per heavy atom. The summed E-state index contributed by atoms with van der Waals surface area (Å²) in [5.41, 5.74) is 0. The molecule has 90 valence electrons. The summed E-state index contributed by atoms with van der Waals surface area (Å²) >= 11 is 0. The van der Waals surface area contributed by atoms with Crippen molar-refractivity contribution in [1.29, 1.82) is 0 Å². The van der Waals surface area contributed by atoms with Gasteiger partial charge in [-0.2, -0.15) is 0 Å². The fourth-order valence-corrected chi connectivity index (χ4v) is 1.76. The second-order valence-electron chi connectivity index (χ2n) is 3.36. The quantitative estimate of drug-likeness (QED) is 0.436. The maximum absolute atomic E-state index is 11.1. The predicted octanol–water partition coefficient (Wildman–Crippen LogP) is 3.79. The van der Waals surface area contributed by atoms with E-state index in [4.69, 9.17) is 9.05 Å². The first-order chi connectivity index (χ1) is 6.81. The molecule has 0 unspecified atom stereocenters. The van der Waals surface area contributed by atoms with Crippen LogP contribution >= 0.6 is 8.25 Å². The molecule has 15 heavy (non-hydrogen) atoms. The molecule has 0 rings (SSSR count). The first-order valence-electron chi connectivity index (χ1n) is 5.60. The molecule has 0 aliphatic heterocycles. The zero-order chi connectivity index (χ0) is 10.6. The minimum Gasteiger partial charge on any atom is -0.311 e. The van der Waals surface area contributed by atoms with Crippen LogP contribution in [0.2, 0.25) is 0 Å². The van der Waals surface area contributed by atoms with Gasteiger partial charge in [-0.3, -0.25) is 4.57 Å². The number of unbranched alkanes of at least 4 members (excludes halogenated alkanes) is 4. The Balaban J connectivity index is 0. The third kappa shape index (κ3) is 15.5. The van der Waals surface area contributed by atoms with E-state index in [0.29, 0.717) is 13.2 Å². The van der Waals surface area contributed by atoms with Crippen LogP contribution in [0.3, 0.4) is 0 Å². The minimum absolute atomic E-state index is 0. The van der Waals surface area contributed by atoms with E-state index >= 15 is 0 Å². The smallest absolute Gasteiger partial charge is 0.311 e. The van der Waals surface area contributed by atoms with Gasteiger partial charge in [-0.25, -0.2) is 0 Å². The Morgan fingerprint density at radius 3 is 1.60 bits per heavy atom. The molecule has 3 nitrogen and oxygen atoms in total. The minimum atomic E-state index is -2.20. The van der Waals surface area contributed by atoms with E-state index in [0.717, 1.165) is 38.5 Å². The number of rotatable bonds is 10. The van der Waals surface area contributed by atoms with Crippen LogP contribution in [-0.4, -0.2) is 13.2 Å². The van der Waals surface area contributed by atoms with Crippen molar-refractivity contribution < 1.29 is 54.5 Å². The topological polar surface area (TPSA) is 35.5 Å². The summed E-state index contributed by atoms with van der Waals surface area (Å²) in [6.45, 7) is 5.40. The van der Waals surface area contributed by atoms with E-state index in [1.165, 1.54) is 0 Å². The Morgan fingerprint density at radius 1 is 0.867 bits per heavy atom. The summed E-state index contributed by atoms with van der Waals surface area (Å²) in [6.07, 6.45) is 6.52. The van der Waals surface area contributed by atoms with Gasteiger partial charge in [-0.1, -0.05) is 39.5 Å². The first-order valence-corrected chi connectivity index (χ1v) is 6.83. The molecule has 0 aromatic heterocycles. The van der Waals surface area contributed by atoms with Crippen molar-refractivity contribution in [2.75, 3.05) is 13.2 Å². The van der Waals surface area contributed by atoms with Gasteiger partial charge in [-0.15, -0.1) is 0 Å². The van der Waals surface area contributed by atoms with Gasteiger partial charge in [0.25, 0.3) is 0 Å². The summed E-state index contributed by atoms with van der Waals surface area (Å²) in [4.78, 5) is 0. The van der Waals surface area contributed by atoms with Crippen molar-refractivity contribution in [3.8, 4) is 0 Å². The van der Waals surface area contributed by atoms with Gasteiger partial charge in [0.15, 0.2) is 0 Å². The maximum Gasteiger partial charge on any atom is 0.319 e. The standard InChI is InChI=1S/C10H23O3P.Nd/c1-3-5-7-9-12-14(11)13-10-8-6-4-2;/h14H,3-10H2,1-2H3;. The zero-order valence-corrected chi connectivity index (χ0v) is 14.1. The average molecular weight is 367 g/mol. The molecular weight excluding hydrogens is 343 g/mol. The van der Waals surface area contributed by atoms with E-state index in [1.54, 1.807) is 0 Å². The summed E-state index contributed by atoms with van der Waals surface area (Å²) in [5.74, 6) is 0. The van der Waals surface area contributed by atoms with Crippen molar-refractivity contribution in [2.24, 2.45) is 0 Å². The molecule has 0 radical (unpaired) electrons. The van der Waals surface area contributed by atoms with Crippen LogP contribution in [0.1, 0.15) is 52.4 Å². The normalized spacial score (nSPS) is 10.3. The summed E-state index contributed by atoms with van der Waals surface area (Å²) in [5, 5.41) is 0. The third-order valence-electron chi connectivity index (χ3n) is 1.94. The van der Waals surface area contributed by atoms with E-state index < -0.39 is 8.25 Å². The van der Waals surface area contributed by atoms with Crippen molar-refractivity contribution in [3.05, 3.63) is 0 Å². The Labute approximate surface area is 127 Å². The molecule has 0 amide bonds. The largest absolute Gasteiger partial charge is 0.319 e. The van der Waals surface area contributed by atoms with Crippen molar-refractivity contribution in [3.63, 3.8) is 0 Å². The summed E-state index contributed by atoms with van der Waals surface area (Å²) < 4.78 is 21.2. The fourth-order valence-electron chi connectivity index (χ4n) is 1.06. The SMILES string of the molecule is CCCCCO[PH](=O)OCCCCC.[Nd]. The Hall–Kier alpha value is 1.50. The Bertz CT molecular complexity index is 131. The van der Waals surface area contributed by atoms with Gasteiger partial charge < -0.3 is 9.05 Å². The second kappa shape index (κ2) is 15.5. The van der Waals surface area contributed by atoms with Gasteiger partial charge in [0.2, 0.25) is 0 Å². The van der Waals surface area contributed by atoms with Crippen LogP contribution in [0.15, 0.2) is 0 Å². The van der Waals surface area contributed by atoms with Crippen LogP contribution in [0.25, 0.3) is 0 Å². The van der Waals surface area contributed by atoms with E-state index in [1.807, 2.05) is 0 Å². The fraction of sp³-hybridized carbons (Fsp3) is 1.00. The van der Waals surface area contributed by atoms with Crippen LogP contribution in [0.4, 0.5) is 0 Å². The van der Waals surface area contributed by atoms with Crippen LogP contribution in [0, 0.1) is 40.8 Å². The number of hydrogen-bond donors (Lipinski definition) is 0. The van der Waals surface area contributed by atoms with Crippen LogP contribution in [0.5, 0.6) is 0 Å². The molecule has 0 bridgehead atoms. The molecule has 0 atom stereocenters. The third-order valence-corrected chi connectivity index (χ3v) is 2.82. The predicted molar refractivity (Wildman–Crippen MR) is 60.0 cm³/mol. The van der Waals surface area contributed by atoms with Gasteiger partial charge >= 0.3 is 8.25 Å². The van der Waals surface area contributed by atoms with E-state index in [-0.39, 0.29) is 40.8 Å². The number of hydrogen-bond acceptors (Lipinski definition) is 3. The molecule has 0 aromatic rings. The summed E-state index contributed by atoms with van der Waals surface area (Å²) in [7, 11) is -2.20. The zero-order valence-electron chi connectivity index (χ0n) is 9.88. The van der Waals surface area contributed by atoms with E-state index in [9.17, 15) is 4.57 Å². The van der Waals surface area contributed by atoms with Crippen molar-refractivity contribution in [2.45, 2.75) is 52.4 Å². The molecule has 0 aromatic carbocycles. The molecule has 0 N–H and O–H groups in total. The molecule has 0 aliphatic rings. The molecule has 0 fully saturated rings. The average Bonchev–Trinajstić information content (AvgIpc) is 2.19. The van der Waals surface area contributed by atoms with Crippen LogP contribution < -0.4 is 0 Å². The molecule has 0 saturated carbocycles. The molecule has 0 spiro atoms. The van der Waals surface area contributed by atoms with Crippen molar-refractivity contribution >= 4 is 8.25 Å². The summed E-state index contributed by atoms with van der Waals surface area (Å²) in [6, 6.07) is 0. The van der Waals surface area contributed by atoms with Gasteiger partial charge in [-0.05, 0) is 12.8 Å². The molecule has 0 aliphatic carbocycles. The van der Waals surface area contributed by atoms with Gasteiger partial charge in [0, 0.05) is 40.8 Å². The van der Waals surface area contributed by atoms with Gasteiger partial charge in [0.1, 0.15) is 0 Å². The molecule has 0 heterocycles. The van der Waals surface area contributed by atoms with Gasteiger partial charge in [0.05, 0.1) is 13.2 Å². The van der Waals surface area contributed by atoms with E-state index in [2.05, 4.69) is 13.8 Å². The van der Waals surface area contributed by atoms with Crippen molar-refractivity contribution in [1.82, 2.24) is 0 Å². The monoisotopic (exact) mass is 364 g/mol. The maximum atomic E-state index is 11.1.